The second-order valence-electron chi connectivity index (χ2n) is 7.02. The van der Waals surface area contributed by atoms with Gasteiger partial charge in [0.25, 0.3) is 0 Å². The molecular formula is C23H20Cl3N3O3S. The zero-order chi connectivity index (χ0) is 24.0. The molecule has 0 bridgehead atoms. The number of esters is 1. The van der Waals surface area contributed by atoms with Gasteiger partial charge < -0.3 is 20.7 Å². The third-order valence-electron chi connectivity index (χ3n) is 4.70. The number of anilines is 1. The van der Waals surface area contributed by atoms with Gasteiger partial charge in [-0.15, -0.1) is 0 Å². The van der Waals surface area contributed by atoms with Crippen LogP contribution >= 0.6 is 47.0 Å². The molecule has 1 atom stereocenters. The molecule has 3 aromatic rings. The highest BCUT2D eigenvalue weighted by atomic mass is 35.6. The Morgan fingerprint density at radius 1 is 0.970 bits per heavy atom. The van der Waals surface area contributed by atoms with Gasteiger partial charge in [-0.25, -0.2) is 4.79 Å². The normalized spacial score (nSPS) is 12.0. The fraction of sp³-hybridized carbons (Fsp3) is 0.174. The highest BCUT2D eigenvalue weighted by Gasteiger charge is 2.34. The van der Waals surface area contributed by atoms with Crippen LogP contribution in [-0.4, -0.2) is 34.1 Å². The van der Waals surface area contributed by atoms with Crippen molar-refractivity contribution in [2.75, 3.05) is 12.4 Å². The minimum absolute atomic E-state index is 0.0927. The van der Waals surface area contributed by atoms with Crippen LogP contribution in [0.15, 0.2) is 66.7 Å². The molecule has 6 nitrogen and oxygen atoms in total. The number of hydrogen-bond acceptors (Lipinski definition) is 4. The van der Waals surface area contributed by atoms with Gasteiger partial charge in [0.05, 0.1) is 19.1 Å². The molecule has 0 fully saturated rings. The molecule has 0 heterocycles. The molecule has 0 aliphatic rings. The largest absolute Gasteiger partial charge is 0.465 e. The van der Waals surface area contributed by atoms with E-state index in [2.05, 4.69) is 20.7 Å². The number of methoxy groups -OCH3 is 1. The van der Waals surface area contributed by atoms with Crippen LogP contribution in [0.4, 0.5) is 5.69 Å². The molecule has 0 radical (unpaired) electrons. The summed E-state index contributed by atoms with van der Waals surface area (Å²) < 4.78 is 2.79. The Hall–Kier alpha value is -2.58. The summed E-state index contributed by atoms with van der Waals surface area (Å²) in [5.74, 6) is -0.798. The van der Waals surface area contributed by atoms with E-state index >= 15 is 0 Å². The van der Waals surface area contributed by atoms with Gasteiger partial charge in [-0.05, 0) is 52.8 Å². The molecule has 3 N–H and O–H groups in total. The molecule has 0 saturated heterocycles. The lowest BCUT2D eigenvalue weighted by atomic mass is 10.0. The van der Waals surface area contributed by atoms with E-state index in [0.717, 1.165) is 16.3 Å². The monoisotopic (exact) mass is 523 g/mol. The lowest BCUT2D eigenvalue weighted by molar-refractivity contribution is -0.121. The molecule has 0 spiro atoms. The number of thiocarbonyl (C=S) groups is 1. The second kappa shape index (κ2) is 11.0. The van der Waals surface area contributed by atoms with Crippen molar-refractivity contribution in [1.29, 1.82) is 0 Å². The predicted octanol–water partition coefficient (Wildman–Crippen LogP) is 4.97. The van der Waals surface area contributed by atoms with E-state index in [9.17, 15) is 9.59 Å². The highest BCUT2D eigenvalue weighted by Crippen LogP contribution is 2.29. The number of alkyl halides is 3. The van der Waals surface area contributed by atoms with E-state index in [4.69, 9.17) is 47.0 Å². The van der Waals surface area contributed by atoms with E-state index in [1.165, 1.54) is 7.11 Å². The predicted molar refractivity (Wildman–Crippen MR) is 137 cm³/mol. The van der Waals surface area contributed by atoms with Crippen LogP contribution in [0.3, 0.4) is 0 Å². The number of ether oxygens (including phenoxy) is 1. The summed E-state index contributed by atoms with van der Waals surface area (Å²) in [6.45, 7) is 0. The van der Waals surface area contributed by atoms with Crippen LogP contribution in [-0.2, 0) is 16.0 Å². The topological polar surface area (TPSA) is 79.5 Å². The molecule has 1 amide bonds. The fourth-order valence-corrected chi connectivity index (χ4v) is 3.70. The van der Waals surface area contributed by atoms with Crippen molar-refractivity contribution in [2.45, 2.75) is 16.4 Å². The van der Waals surface area contributed by atoms with Crippen molar-refractivity contribution in [3.63, 3.8) is 0 Å². The van der Waals surface area contributed by atoms with Crippen molar-refractivity contribution in [3.05, 3.63) is 77.9 Å². The molecule has 10 heteroatoms. The van der Waals surface area contributed by atoms with Crippen LogP contribution in [0.1, 0.15) is 15.9 Å². The molecule has 172 valence electrons. The Balaban J connectivity index is 1.65. The van der Waals surface area contributed by atoms with Gasteiger partial charge in [-0.2, -0.15) is 0 Å². The number of carbonyl (C=O) groups excluding carboxylic acids is 2. The summed E-state index contributed by atoms with van der Waals surface area (Å²) in [5, 5.41) is 10.5. The number of carbonyl (C=O) groups is 2. The Morgan fingerprint density at radius 2 is 1.64 bits per heavy atom. The number of fused-ring (bicyclic) bond motifs is 1. The molecule has 0 aromatic heterocycles. The fourth-order valence-electron chi connectivity index (χ4n) is 3.14. The molecule has 3 rings (SSSR count). The van der Waals surface area contributed by atoms with E-state index in [-0.39, 0.29) is 17.4 Å². The Bertz CT molecular complexity index is 1160. The molecule has 33 heavy (non-hydrogen) atoms. The average Bonchev–Trinajstić information content (AvgIpc) is 2.78. The first-order valence-corrected chi connectivity index (χ1v) is 11.3. The van der Waals surface area contributed by atoms with Crippen LogP contribution in [0, 0.1) is 0 Å². The van der Waals surface area contributed by atoms with E-state index < -0.39 is 15.9 Å². The molecule has 1 unspecified atom stereocenters. The maximum Gasteiger partial charge on any atom is 0.337 e. The SMILES string of the molecule is COC(=O)c1ccc(NC(=S)NC(NC(=O)Cc2cccc3ccccc23)C(Cl)(Cl)Cl)cc1. The first-order chi connectivity index (χ1) is 15.7. The standard InChI is InChI=1S/C23H20Cl3N3O3S/c1-32-20(31)15-9-11-17(12-10-15)27-22(33)29-21(23(24,25)26)28-19(30)13-16-7-4-6-14-5-2-3-8-18(14)16/h2-12,21H,13H2,1H3,(H,28,30)(H2,27,29,33). The first kappa shape index (κ1) is 25.1. The smallest absolute Gasteiger partial charge is 0.337 e. The summed E-state index contributed by atoms with van der Waals surface area (Å²) in [5.41, 5.74) is 1.83. The van der Waals surface area contributed by atoms with Gasteiger partial charge in [-0.1, -0.05) is 77.3 Å². The Morgan fingerprint density at radius 3 is 2.30 bits per heavy atom. The van der Waals surface area contributed by atoms with Crippen LogP contribution in [0.5, 0.6) is 0 Å². The minimum atomic E-state index is -1.88. The van der Waals surface area contributed by atoms with Crippen molar-refractivity contribution < 1.29 is 14.3 Å². The van der Waals surface area contributed by atoms with Gasteiger partial charge >= 0.3 is 5.97 Å². The lowest BCUT2D eigenvalue weighted by Crippen LogP contribution is -2.56. The number of halogens is 3. The maximum atomic E-state index is 12.7. The lowest BCUT2D eigenvalue weighted by Gasteiger charge is -2.28. The first-order valence-electron chi connectivity index (χ1n) is 9.76. The van der Waals surface area contributed by atoms with Crippen LogP contribution < -0.4 is 16.0 Å². The summed E-state index contributed by atoms with van der Waals surface area (Å²) in [4.78, 5) is 24.3. The molecule has 3 aromatic carbocycles. The second-order valence-corrected chi connectivity index (χ2v) is 9.80. The summed E-state index contributed by atoms with van der Waals surface area (Å²) in [6, 6.07) is 20.0. The number of amides is 1. The highest BCUT2D eigenvalue weighted by molar-refractivity contribution is 7.80. The third-order valence-corrected chi connectivity index (χ3v) is 5.58. The van der Waals surface area contributed by atoms with Crippen molar-refractivity contribution >= 4 is 80.5 Å². The molecule has 0 aliphatic heterocycles. The van der Waals surface area contributed by atoms with E-state index in [0.29, 0.717) is 11.3 Å². The van der Waals surface area contributed by atoms with Gasteiger partial charge in [-0.3, -0.25) is 4.79 Å². The van der Waals surface area contributed by atoms with Crippen molar-refractivity contribution in [2.24, 2.45) is 0 Å². The van der Waals surface area contributed by atoms with E-state index in [1.807, 2.05) is 42.5 Å². The van der Waals surface area contributed by atoms with Gasteiger partial charge in [0.15, 0.2) is 5.11 Å². The molecule has 0 saturated carbocycles. The van der Waals surface area contributed by atoms with Gasteiger partial charge in [0.1, 0.15) is 6.17 Å². The van der Waals surface area contributed by atoms with Gasteiger partial charge in [0.2, 0.25) is 9.70 Å². The Labute approximate surface area is 211 Å². The average molecular weight is 525 g/mol. The van der Waals surface area contributed by atoms with Crippen molar-refractivity contribution in [1.82, 2.24) is 10.6 Å². The Kier molecular flexibility index (Phi) is 8.37. The molecule has 0 aliphatic carbocycles. The van der Waals surface area contributed by atoms with Crippen LogP contribution in [0.2, 0.25) is 0 Å². The maximum absolute atomic E-state index is 12.7. The zero-order valence-corrected chi connectivity index (χ0v) is 20.5. The van der Waals surface area contributed by atoms with Crippen molar-refractivity contribution in [3.8, 4) is 0 Å². The summed E-state index contributed by atoms with van der Waals surface area (Å²) in [7, 11) is 1.30. The quantitative estimate of drug-likeness (QED) is 0.183. The number of rotatable bonds is 6. The number of hydrogen-bond donors (Lipinski definition) is 3. The van der Waals surface area contributed by atoms with Gasteiger partial charge in [0, 0.05) is 5.69 Å². The molecular weight excluding hydrogens is 505 g/mol. The zero-order valence-electron chi connectivity index (χ0n) is 17.4. The summed E-state index contributed by atoms with van der Waals surface area (Å²) in [6.07, 6.45) is -1.01. The van der Waals surface area contributed by atoms with E-state index in [1.54, 1.807) is 24.3 Å². The minimum Gasteiger partial charge on any atom is -0.465 e. The van der Waals surface area contributed by atoms with Crippen LogP contribution in [0.25, 0.3) is 10.8 Å². The summed E-state index contributed by atoms with van der Waals surface area (Å²) >= 11 is 23.5. The third kappa shape index (κ3) is 6.95. The number of nitrogens with one attached hydrogen (secondary N) is 3. The number of benzene rings is 3.